The van der Waals surface area contributed by atoms with Crippen molar-refractivity contribution in [1.29, 1.82) is 0 Å². The van der Waals surface area contributed by atoms with Crippen LogP contribution in [0.25, 0.3) is 0 Å². The van der Waals surface area contributed by atoms with Gasteiger partial charge in [-0.05, 0) is 30.9 Å². The van der Waals surface area contributed by atoms with Crippen LogP contribution >= 0.6 is 0 Å². The fourth-order valence-corrected chi connectivity index (χ4v) is 2.71. The maximum absolute atomic E-state index is 12.5. The molecule has 1 aliphatic rings. The van der Waals surface area contributed by atoms with E-state index in [9.17, 15) is 4.79 Å². The van der Waals surface area contributed by atoms with Crippen LogP contribution in [0.5, 0.6) is 0 Å². The molecule has 0 atom stereocenters. The summed E-state index contributed by atoms with van der Waals surface area (Å²) in [5, 5.41) is 6.01. The van der Waals surface area contributed by atoms with Gasteiger partial charge in [0, 0.05) is 24.1 Å². The number of benzene rings is 1. The number of fused-ring (bicyclic) bond motifs is 1. The predicted molar refractivity (Wildman–Crippen MR) is 85.6 cm³/mol. The molecule has 1 heterocycles. The topological polar surface area (TPSA) is 66.9 Å². The fourth-order valence-electron chi connectivity index (χ4n) is 2.71. The second kappa shape index (κ2) is 5.97. The zero-order valence-electron chi connectivity index (χ0n) is 12.5. The molecule has 1 amide bonds. The van der Waals surface area contributed by atoms with E-state index in [1.54, 1.807) is 6.20 Å². The number of carbonyl (C=O) groups excluding carboxylic acids is 1. The third-order valence-corrected chi connectivity index (χ3v) is 3.63. The van der Waals surface area contributed by atoms with Gasteiger partial charge in [0.05, 0.1) is 0 Å². The van der Waals surface area contributed by atoms with Crippen LogP contribution in [0.1, 0.15) is 28.5 Å². The second-order valence-electron chi connectivity index (χ2n) is 5.51. The van der Waals surface area contributed by atoms with Gasteiger partial charge in [-0.25, -0.2) is 9.97 Å². The average Bonchev–Trinajstić information content (AvgIpc) is 2.89. The molecular weight excluding hydrogens is 276 g/mol. The van der Waals surface area contributed by atoms with Crippen LogP contribution in [-0.4, -0.2) is 21.9 Å². The monoisotopic (exact) mass is 294 g/mol. The maximum Gasteiger partial charge on any atom is 0.273 e. The van der Waals surface area contributed by atoms with E-state index in [-0.39, 0.29) is 11.9 Å². The van der Waals surface area contributed by atoms with Crippen molar-refractivity contribution >= 4 is 11.7 Å². The number of aromatic nitrogens is 2. The van der Waals surface area contributed by atoms with E-state index in [1.165, 1.54) is 17.3 Å². The third-order valence-electron chi connectivity index (χ3n) is 3.63. The van der Waals surface area contributed by atoms with E-state index < -0.39 is 0 Å². The lowest BCUT2D eigenvalue weighted by molar-refractivity contribution is 0.0934. The molecule has 0 fully saturated rings. The van der Waals surface area contributed by atoms with Crippen LogP contribution in [-0.2, 0) is 12.8 Å². The minimum atomic E-state index is -0.213. The Morgan fingerprint density at radius 2 is 1.82 bits per heavy atom. The Morgan fingerprint density at radius 3 is 2.45 bits per heavy atom. The lowest BCUT2D eigenvalue weighted by Crippen LogP contribution is -2.36. The molecule has 0 saturated heterocycles. The van der Waals surface area contributed by atoms with Gasteiger partial charge < -0.3 is 10.6 Å². The van der Waals surface area contributed by atoms with Crippen LogP contribution in [0, 0.1) is 0 Å². The number of allylic oxidation sites excluding steroid dienone is 1. The molecule has 1 aliphatic carbocycles. The summed E-state index contributed by atoms with van der Waals surface area (Å²) in [7, 11) is 0. The Hall–Kier alpha value is -2.69. The van der Waals surface area contributed by atoms with Crippen LogP contribution < -0.4 is 10.6 Å². The molecule has 0 saturated carbocycles. The predicted octanol–water partition coefficient (Wildman–Crippen LogP) is 2.32. The highest BCUT2D eigenvalue weighted by molar-refractivity contribution is 5.97. The van der Waals surface area contributed by atoms with Crippen LogP contribution in [0.3, 0.4) is 0 Å². The third kappa shape index (κ3) is 2.98. The number of nitrogens with one attached hydrogen (secondary N) is 2. The molecule has 1 aromatic carbocycles. The highest BCUT2D eigenvalue weighted by Gasteiger charge is 2.24. The summed E-state index contributed by atoms with van der Waals surface area (Å²) in [6.07, 6.45) is 4.77. The lowest BCUT2D eigenvalue weighted by Gasteiger charge is -2.13. The first-order valence-corrected chi connectivity index (χ1v) is 7.24. The molecule has 112 valence electrons. The van der Waals surface area contributed by atoms with Gasteiger partial charge in [-0.3, -0.25) is 4.79 Å². The Bertz CT molecular complexity index is 701. The molecule has 2 N–H and O–H groups in total. The number of anilines is 1. The maximum atomic E-state index is 12.5. The molecular formula is C17H18N4O. The summed E-state index contributed by atoms with van der Waals surface area (Å²) >= 11 is 0. The number of rotatable bonds is 4. The summed E-state index contributed by atoms with van der Waals surface area (Å²) in [5.74, 6) is 0.220. The summed E-state index contributed by atoms with van der Waals surface area (Å²) in [5.41, 5.74) is 3.60. The zero-order valence-corrected chi connectivity index (χ0v) is 12.5. The summed E-state index contributed by atoms with van der Waals surface area (Å²) in [6.45, 7) is 5.58. The van der Waals surface area contributed by atoms with E-state index in [0.717, 1.165) is 12.8 Å². The molecule has 1 aromatic heterocycles. The van der Waals surface area contributed by atoms with Crippen LogP contribution in [0.2, 0.25) is 0 Å². The summed E-state index contributed by atoms with van der Waals surface area (Å²) < 4.78 is 0. The Morgan fingerprint density at radius 1 is 1.18 bits per heavy atom. The molecule has 0 radical (unpaired) electrons. The molecule has 0 spiro atoms. The first-order valence-electron chi connectivity index (χ1n) is 7.24. The molecule has 0 unspecified atom stereocenters. The van der Waals surface area contributed by atoms with Crippen molar-refractivity contribution in [2.45, 2.75) is 25.8 Å². The lowest BCUT2D eigenvalue weighted by atomic mass is 10.1. The van der Waals surface area contributed by atoms with Crippen molar-refractivity contribution in [3.8, 4) is 0 Å². The highest BCUT2D eigenvalue weighted by atomic mass is 16.2. The quantitative estimate of drug-likeness (QED) is 0.908. The van der Waals surface area contributed by atoms with E-state index in [0.29, 0.717) is 17.2 Å². The van der Waals surface area contributed by atoms with Crippen molar-refractivity contribution in [3.63, 3.8) is 0 Å². The molecule has 2 aromatic rings. The molecule has 5 nitrogen and oxygen atoms in total. The second-order valence-corrected chi connectivity index (χ2v) is 5.51. The first kappa shape index (κ1) is 14.3. The van der Waals surface area contributed by atoms with Crippen molar-refractivity contribution < 1.29 is 4.79 Å². The van der Waals surface area contributed by atoms with E-state index in [2.05, 4.69) is 39.3 Å². The number of hydrogen-bond donors (Lipinski definition) is 2. The Labute approximate surface area is 129 Å². The van der Waals surface area contributed by atoms with Crippen LogP contribution in [0.15, 0.2) is 48.9 Å². The Kier molecular flexibility index (Phi) is 3.87. The molecule has 5 heteroatoms. The number of carbonyl (C=O) groups is 1. The van der Waals surface area contributed by atoms with Gasteiger partial charge in [-0.1, -0.05) is 30.8 Å². The van der Waals surface area contributed by atoms with Gasteiger partial charge >= 0.3 is 0 Å². The fraction of sp³-hybridized carbons (Fsp3) is 0.235. The first-order chi connectivity index (χ1) is 10.6. The van der Waals surface area contributed by atoms with Crippen molar-refractivity contribution in [3.05, 3.63) is 65.8 Å². The zero-order chi connectivity index (χ0) is 15.5. The van der Waals surface area contributed by atoms with Crippen molar-refractivity contribution in [1.82, 2.24) is 15.3 Å². The minimum Gasteiger partial charge on any atom is -0.347 e. The number of nitrogens with zero attached hydrogens (tertiary/aromatic N) is 2. The van der Waals surface area contributed by atoms with Gasteiger partial charge in [-0.2, -0.15) is 0 Å². The molecule has 0 bridgehead atoms. The summed E-state index contributed by atoms with van der Waals surface area (Å²) in [6, 6.07) is 8.38. The SMILES string of the molecule is C=C(C)Nc1nccnc1C(=O)NC1Cc2ccccc2C1. The van der Waals surface area contributed by atoms with Crippen molar-refractivity contribution in [2.75, 3.05) is 5.32 Å². The number of hydrogen-bond acceptors (Lipinski definition) is 4. The largest absolute Gasteiger partial charge is 0.347 e. The molecule has 22 heavy (non-hydrogen) atoms. The standard InChI is InChI=1S/C17H18N4O/c1-11(2)20-16-15(18-7-8-19-16)17(22)21-14-9-12-5-3-4-6-13(12)10-14/h3-8,14H,1,9-10H2,2H3,(H,19,20)(H,21,22). The van der Waals surface area contributed by atoms with E-state index in [1.807, 2.05) is 19.1 Å². The van der Waals surface area contributed by atoms with Crippen molar-refractivity contribution in [2.24, 2.45) is 0 Å². The molecule has 3 rings (SSSR count). The average molecular weight is 294 g/mol. The Balaban J connectivity index is 1.72. The molecule has 0 aliphatic heterocycles. The number of amides is 1. The highest BCUT2D eigenvalue weighted by Crippen LogP contribution is 2.22. The summed E-state index contributed by atoms with van der Waals surface area (Å²) in [4.78, 5) is 20.8. The normalized spacial score (nSPS) is 13.5. The van der Waals surface area contributed by atoms with Gasteiger partial charge in [0.25, 0.3) is 5.91 Å². The van der Waals surface area contributed by atoms with Gasteiger partial charge in [-0.15, -0.1) is 0 Å². The van der Waals surface area contributed by atoms with Gasteiger partial charge in [0.1, 0.15) is 0 Å². The van der Waals surface area contributed by atoms with Crippen LogP contribution in [0.4, 0.5) is 5.82 Å². The smallest absolute Gasteiger partial charge is 0.273 e. The minimum absolute atomic E-state index is 0.101. The van der Waals surface area contributed by atoms with Gasteiger partial charge in [0.15, 0.2) is 11.5 Å². The van der Waals surface area contributed by atoms with Gasteiger partial charge in [0.2, 0.25) is 0 Å². The van der Waals surface area contributed by atoms with E-state index >= 15 is 0 Å². The van der Waals surface area contributed by atoms with E-state index in [4.69, 9.17) is 0 Å².